The molecule has 124 valence electrons. The van der Waals surface area contributed by atoms with E-state index in [1.165, 1.54) is 9.13 Å². The molecule has 3 rings (SSSR count). The van der Waals surface area contributed by atoms with Crippen LogP contribution < -0.4 is 11.0 Å². The Morgan fingerprint density at radius 1 is 1.22 bits per heavy atom. The number of rotatable bonds is 3. The summed E-state index contributed by atoms with van der Waals surface area (Å²) < 4.78 is 25.8. The lowest BCUT2D eigenvalue weighted by Crippen LogP contribution is -2.43. The van der Waals surface area contributed by atoms with E-state index in [-0.39, 0.29) is 35.7 Å². The molecule has 0 saturated carbocycles. The second kappa shape index (κ2) is 5.84. The van der Waals surface area contributed by atoms with Crippen LogP contribution >= 0.6 is 0 Å². The van der Waals surface area contributed by atoms with Gasteiger partial charge in [-0.3, -0.25) is 13.9 Å². The van der Waals surface area contributed by atoms with Gasteiger partial charge in [0.25, 0.3) is 0 Å². The zero-order chi connectivity index (χ0) is 16.6. The average molecular weight is 337 g/mol. The number of aromatic nitrogens is 2. The second-order valence-electron chi connectivity index (χ2n) is 5.91. The molecule has 0 spiro atoms. The van der Waals surface area contributed by atoms with Gasteiger partial charge in [-0.2, -0.15) is 0 Å². The molecule has 0 atom stereocenters. The summed E-state index contributed by atoms with van der Waals surface area (Å²) >= 11 is 0. The number of benzene rings is 1. The second-order valence-corrected chi connectivity index (χ2v) is 8.21. The van der Waals surface area contributed by atoms with Crippen LogP contribution in [0.4, 0.5) is 0 Å². The molecule has 2 heterocycles. The van der Waals surface area contributed by atoms with Gasteiger partial charge in [0.2, 0.25) is 5.91 Å². The van der Waals surface area contributed by atoms with E-state index < -0.39 is 9.84 Å². The van der Waals surface area contributed by atoms with Crippen LogP contribution in [0, 0.1) is 0 Å². The Labute approximate surface area is 133 Å². The van der Waals surface area contributed by atoms with Crippen LogP contribution in [0.1, 0.15) is 12.8 Å². The van der Waals surface area contributed by atoms with E-state index in [0.29, 0.717) is 18.4 Å². The van der Waals surface area contributed by atoms with Gasteiger partial charge in [-0.15, -0.1) is 0 Å². The van der Waals surface area contributed by atoms with Gasteiger partial charge in [0.15, 0.2) is 0 Å². The van der Waals surface area contributed by atoms with Crippen molar-refractivity contribution >= 4 is 26.8 Å². The van der Waals surface area contributed by atoms with Gasteiger partial charge in [0.05, 0.1) is 22.5 Å². The Morgan fingerprint density at radius 3 is 2.48 bits per heavy atom. The predicted molar refractivity (Wildman–Crippen MR) is 87.0 cm³/mol. The van der Waals surface area contributed by atoms with Crippen molar-refractivity contribution in [1.29, 1.82) is 0 Å². The Bertz CT molecular complexity index is 896. The number of carbonyl (C=O) groups is 1. The van der Waals surface area contributed by atoms with Crippen LogP contribution in [0.25, 0.3) is 11.0 Å². The topological polar surface area (TPSA) is 90.2 Å². The third-order valence-electron chi connectivity index (χ3n) is 4.27. The highest BCUT2D eigenvalue weighted by Crippen LogP contribution is 2.13. The van der Waals surface area contributed by atoms with Gasteiger partial charge in [0, 0.05) is 13.1 Å². The van der Waals surface area contributed by atoms with Crippen molar-refractivity contribution in [3.8, 4) is 0 Å². The van der Waals surface area contributed by atoms with E-state index in [4.69, 9.17) is 0 Å². The lowest BCUT2D eigenvalue weighted by Gasteiger charge is -2.23. The lowest BCUT2D eigenvalue weighted by atomic mass is 10.1. The van der Waals surface area contributed by atoms with Gasteiger partial charge in [-0.05, 0) is 25.0 Å². The van der Waals surface area contributed by atoms with Crippen molar-refractivity contribution in [3.05, 3.63) is 34.7 Å². The first-order chi connectivity index (χ1) is 10.9. The number of fused-ring (bicyclic) bond motifs is 1. The van der Waals surface area contributed by atoms with Gasteiger partial charge in [-0.1, -0.05) is 12.1 Å². The molecule has 1 saturated heterocycles. The fraction of sp³-hybridized carbons (Fsp3) is 0.467. The summed E-state index contributed by atoms with van der Waals surface area (Å²) in [5.41, 5.74) is 1.24. The first-order valence-electron chi connectivity index (χ1n) is 7.51. The molecule has 2 aromatic rings. The van der Waals surface area contributed by atoms with Crippen molar-refractivity contribution in [2.45, 2.75) is 25.4 Å². The van der Waals surface area contributed by atoms with Gasteiger partial charge in [0.1, 0.15) is 16.4 Å². The Balaban J connectivity index is 1.74. The number of nitrogens with one attached hydrogen (secondary N) is 1. The SMILES string of the molecule is Cn1c(=O)n(CC(=O)NC2CCS(=O)(=O)CC2)c2ccccc21. The van der Waals surface area contributed by atoms with Crippen LogP contribution in [-0.4, -0.2) is 41.0 Å². The van der Waals surface area contributed by atoms with Crippen LogP contribution in [0.15, 0.2) is 29.1 Å². The molecular weight excluding hydrogens is 318 g/mol. The molecule has 1 N–H and O–H groups in total. The number of imidazole rings is 1. The van der Waals surface area contributed by atoms with Crippen molar-refractivity contribution in [2.75, 3.05) is 11.5 Å². The third kappa shape index (κ3) is 3.17. The highest BCUT2D eigenvalue weighted by molar-refractivity contribution is 7.91. The smallest absolute Gasteiger partial charge is 0.329 e. The molecule has 0 bridgehead atoms. The van der Waals surface area contributed by atoms with E-state index in [9.17, 15) is 18.0 Å². The van der Waals surface area contributed by atoms with Crippen LogP contribution in [-0.2, 0) is 28.2 Å². The van der Waals surface area contributed by atoms with E-state index in [2.05, 4.69) is 5.32 Å². The van der Waals surface area contributed by atoms with Crippen LogP contribution in [0.5, 0.6) is 0 Å². The molecule has 23 heavy (non-hydrogen) atoms. The minimum atomic E-state index is -2.95. The number of sulfone groups is 1. The monoisotopic (exact) mass is 337 g/mol. The molecule has 1 fully saturated rings. The summed E-state index contributed by atoms with van der Waals surface area (Å²) in [4.78, 5) is 24.5. The molecule has 1 aromatic carbocycles. The van der Waals surface area contributed by atoms with E-state index in [0.717, 1.165) is 5.52 Å². The number of para-hydroxylation sites is 2. The number of nitrogens with zero attached hydrogens (tertiary/aromatic N) is 2. The Kier molecular flexibility index (Phi) is 4.01. The summed E-state index contributed by atoms with van der Waals surface area (Å²) in [5.74, 6) is -0.0639. The fourth-order valence-corrected chi connectivity index (χ4v) is 4.46. The first kappa shape index (κ1) is 15.8. The summed E-state index contributed by atoms with van der Waals surface area (Å²) in [6.07, 6.45) is 0.858. The highest BCUT2D eigenvalue weighted by atomic mass is 32.2. The largest absolute Gasteiger partial charge is 0.352 e. The van der Waals surface area contributed by atoms with E-state index in [1.807, 2.05) is 18.2 Å². The molecule has 7 nitrogen and oxygen atoms in total. The predicted octanol–water partition coefficient (Wildman–Crippen LogP) is 0.0334. The Hall–Kier alpha value is -2.09. The summed E-state index contributed by atoms with van der Waals surface area (Å²) in [6.45, 7) is -0.0660. The van der Waals surface area contributed by atoms with Gasteiger partial charge < -0.3 is 5.32 Å². The maximum Gasteiger partial charge on any atom is 0.329 e. The molecule has 1 aromatic heterocycles. The van der Waals surface area contributed by atoms with E-state index in [1.54, 1.807) is 13.1 Å². The number of hydrogen-bond donors (Lipinski definition) is 1. The zero-order valence-corrected chi connectivity index (χ0v) is 13.7. The summed E-state index contributed by atoms with van der Waals surface area (Å²) in [6, 6.07) is 7.15. The molecule has 0 radical (unpaired) electrons. The number of hydrogen-bond acceptors (Lipinski definition) is 4. The van der Waals surface area contributed by atoms with Gasteiger partial charge in [-0.25, -0.2) is 13.2 Å². The minimum Gasteiger partial charge on any atom is -0.352 e. The number of amides is 1. The normalized spacial score (nSPS) is 18.1. The quantitative estimate of drug-likeness (QED) is 0.856. The standard InChI is InChI=1S/C15H19N3O4S/c1-17-12-4-2-3-5-13(12)18(15(17)20)10-14(19)16-11-6-8-23(21,22)9-7-11/h2-5,11H,6-10H2,1H3,(H,16,19). The van der Waals surface area contributed by atoms with Crippen molar-refractivity contribution in [2.24, 2.45) is 7.05 Å². The van der Waals surface area contributed by atoms with Crippen molar-refractivity contribution in [3.63, 3.8) is 0 Å². The molecule has 0 unspecified atom stereocenters. The molecule has 0 aliphatic carbocycles. The third-order valence-corrected chi connectivity index (χ3v) is 5.99. The molecule has 1 aliphatic heterocycles. The molecule has 1 amide bonds. The molecule has 1 aliphatic rings. The molecular formula is C15H19N3O4S. The van der Waals surface area contributed by atoms with E-state index >= 15 is 0 Å². The maximum absolute atomic E-state index is 12.3. The first-order valence-corrected chi connectivity index (χ1v) is 9.33. The zero-order valence-electron chi connectivity index (χ0n) is 12.9. The van der Waals surface area contributed by atoms with Crippen molar-refractivity contribution < 1.29 is 13.2 Å². The summed E-state index contributed by atoms with van der Waals surface area (Å²) in [5, 5.41) is 2.83. The maximum atomic E-state index is 12.3. The van der Waals surface area contributed by atoms with Gasteiger partial charge >= 0.3 is 5.69 Å². The number of aryl methyl sites for hydroxylation is 1. The minimum absolute atomic E-state index is 0.0660. The summed E-state index contributed by atoms with van der Waals surface area (Å²) in [7, 11) is -1.28. The average Bonchev–Trinajstić information content (AvgIpc) is 2.75. The van der Waals surface area contributed by atoms with Crippen LogP contribution in [0.2, 0.25) is 0 Å². The van der Waals surface area contributed by atoms with Crippen molar-refractivity contribution in [1.82, 2.24) is 14.5 Å². The van der Waals surface area contributed by atoms with Crippen LogP contribution in [0.3, 0.4) is 0 Å². The molecule has 8 heteroatoms. The number of carbonyl (C=O) groups excluding carboxylic acids is 1. The Morgan fingerprint density at radius 2 is 1.83 bits per heavy atom. The highest BCUT2D eigenvalue weighted by Gasteiger charge is 2.25. The lowest BCUT2D eigenvalue weighted by molar-refractivity contribution is -0.122. The fourth-order valence-electron chi connectivity index (χ4n) is 2.97.